The molecule has 0 bridgehead atoms. The second kappa shape index (κ2) is 6.91. The molecule has 1 unspecified atom stereocenters. The number of amides is 1. The van der Waals surface area contributed by atoms with Crippen molar-refractivity contribution in [3.8, 4) is 0 Å². The molecule has 0 aromatic heterocycles. The maximum atomic E-state index is 12.3. The molecule has 2 aliphatic heterocycles. The fourth-order valence-corrected chi connectivity index (χ4v) is 3.13. The molecule has 1 atom stereocenters. The maximum Gasteiger partial charge on any atom is 0.352 e. The van der Waals surface area contributed by atoms with E-state index in [9.17, 15) is 9.59 Å². The molecule has 122 valence electrons. The largest absolute Gasteiger partial charge is 0.460 e. The van der Waals surface area contributed by atoms with E-state index in [-0.39, 0.29) is 18.2 Å². The van der Waals surface area contributed by atoms with Crippen LogP contribution in [-0.4, -0.2) is 48.7 Å². The summed E-state index contributed by atoms with van der Waals surface area (Å²) in [4.78, 5) is 25.9. The molecule has 2 fully saturated rings. The van der Waals surface area contributed by atoms with Gasteiger partial charge in [-0.1, -0.05) is 24.6 Å². The van der Waals surface area contributed by atoms with Gasteiger partial charge in [-0.25, -0.2) is 4.79 Å². The molecular weight excluding hydrogens is 294 g/mol. The summed E-state index contributed by atoms with van der Waals surface area (Å²) in [6.07, 6.45) is 3.52. The fourth-order valence-electron chi connectivity index (χ4n) is 3.13. The molecule has 0 saturated carbocycles. The van der Waals surface area contributed by atoms with E-state index < -0.39 is 11.9 Å². The van der Waals surface area contributed by atoms with Gasteiger partial charge in [0.05, 0.1) is 12.5 Å². The number of likely N-dealkylation sites (tertiary alicyclic amines) is 1. The molecule has 0 aliphatic carbocycles. The van der Waals surface area contributed by atoms with Crippen LogP contribution < -0.4 is 5.32 Å². The summed E-state index contributed by atoms with van der Waals surface area (Å²) in [5.41, 5.74) is 1.36. The van der Waals surface area contributed by atoms with Gasteiger partial charge in [0.1, 0.15) is 12.3 Å². The number of carbonyl (C=O) groups excluding carboxylic acids is 2. The van der Waals surface area contributed by atoms with Crippen molar-refractivity contribution >= 4 is 23.3 Å². The number of piperidine rings is 1. The maximum absolute atomic E-state index is 12.3. The number of carbonyl (C=O) groups is 2. The minimum Gasteiger partial charge on any atom is -0.460 e. The number of cyclic esters (lactones) is 1. The molecule has 6 heteroatoms. The van der Waals surface area contributed by atoms with Crippen molar-refractivity contribution in [1.29, 1.82) is 5.41 Å². The summed E-state index contributed by atoms with van der Waals surface area (Å²) in [7, 11) is 0. The van der Waals surface area contributed by atoms with E-state index in [0.717, 1.165) is 31.5 Å². The molecule has 1 aromatic carbocycles. The summed E-state index contributed by atoms with van der Waals surface area (Å²) in [5.74, 6) is -1.05. The van der Waals surface area contributed by atoms with E-state index in [1.807, 2.05) is 18.2 Å². The highest BCUT2D eigenvalue weighted by Gasteiger charge is 2.33. The summed E-state index contributed by atoms with van der Waals surface area (Å²) in [6.45, 7) is 2.47. The molecule has 2 saturated heterocycles. The van der Waals surface area contributed by atoms with Crippen LogP contribution in [0.2, 0.25) is 0 Å². The lowest BCUT2D eigenvalue weighted by Crippen LogP contribution is -2.37. The number of hydrogen-bond donors (Lipinski definition) is 2. The third-order valence-corrected chi connectivity index (χ3v) is 4.38. The molecule has 0 radical (unpaired) electrons. The van der Waals surface area contributed by atoms with Gasteiger partial charge in [0.2, 0.25) is 5.91 Å². The zero-order valence-corrected chi connectivity index (χ0v) is 13.0. The van der Waals surface area contributed by atoms with E-state index in [2.05, 4.69) is 10.2 Å². The Labute approximate surface area is 135 Å². The molecule has 1 aromatic rings. The Kier molecular flexibility index (Phi) is 4.71. The van der Waals surface area contributed by atoms with Gasteiger partial charge in [-0.3, -0.25) is 15.1 Å². The molecular formula is C17H21N3O3. The number of nitrogens with one attached hydrogen (secondary N) is 2. The highest BCUT2D eigenvalue weighted by molar-refractivity contribution is 6.39. The van der Waals surface area contributed by atoms with Crippen LogP contribution in [0.1, 0.15) is 30.7 Å². The second-order valence-electron chi connectivity index (χ2n) is 6.04. The van der Waals surface area contributed by atoms with Crippen molar-refractivity contribution < 1.29 is 14.3 Å². The van der Waals surface area contributed by atoms with Gasteiger partial charge in [-0.15, -0.1) is 0 Å². The van der Waals surface area contributed by atoms with Crippen molar-refractivity contribution in [3.63, 3.8) is 0 Å². The molecule has 2 aliphatic rings. The van der Waals surface area contributed by atoms with Crippen LogP contribution in [0.5, 0.6) is 0 Å². The summed E-state index contributed by atoms with van der Waals surface area (Å²) < 4.78 is 4.93. The van der Waals surface area contributed by atoms with Crippen molar-refractivity contribution in [2.45, 2.75) is 25.2 Å². The number of esters is 1. The highest BCUT2D eigenvalue weighted by Crippen LogP contribution is 2.29. The topological polar surface area (TPSA) is 82.5 Å². The van der Waals surface area contributed by atoms with E-state index in [0.29, 0.717) is 12.2 Å². The van der Waals surface area contributed by atoms with Gasteiger partial charge in [-0.2, -0.15) is 0 Å². The number of ether oxygens (including phenoxy) is 1. The summed E-state index contributed by atoms with van der Waals surface area (Å²) in [6, 6.07) is 7.31. The van der Waals surface area contributed by atoms with Gasteiger partial charge < -0.3 is 10.1 Å². The number of para-hydroxylation sites is 1. The van der Waals surface area contributed by atoms with Gasteiger partial charge in [0, 0.05) is 5.69 Å². The number of anilines is 1. The van der Waals surface area contributed by atoms with Crippen LogP contribution in [0.3, 0.4) is 0 Å². The van der Waals surface area contributed by atoms with E-state index in [4.69, 9.17) is 10.1 Å². The average Bonchev–Trinajstić information content (AvgIpc) is 2.88. The number of benzene rings is 1. The van der Waals surface area contributed by atoms with Crippen molar-refractivity contribution in [2.24, 2.45) is 0 Å². The van der Waals surface area contributed by atoms with Crippen molar-refractivity contribution in [2.75, 3.05) is 31.6 Å². The zero-order chi connectivity index (χ0) is 16.2. The molecule has 2 heterocycles. The zero-order valence-electron chi connectivity index (χ0n) is 13.0. The Morgan fingerprint density at radius 1 is 1.26 bits per heavy atom. The van der Waals surface area contributed by atoms with Gasteiger partial charge in [0.15, 0.2) is 0 Å². The predicted molar refractivity (Wildman–Crippen MR) is 86.8 cm³/mol. The lowest BCUT2D eigenvalue weighted by Gasteiger charge is -2.26. The Balaban J connectivity index is 1.69. The SMILES string of the molecule is N=C1C(=O)OCC1c1ccccc1NC(=O)CN1CCCCC1. The van der Waals surface area contributed by atoms with Gasteiger partial charge in [-0.05, 0) is 37.6 Å². The van der Waals surface area contributed by atoms with Crippen LogP contribution in [0.4, 0.5) is 5.69 Å². The summed E-state index contributed by atoms with van der Waals surface area (Å²) >= 11 is 0. The molecule has 0 spiro atoms. The first kappa shape index (κ1) is 15.7. The Morgan fingerprint density at radius 3 is 2.70 bits per heavy atom. The molecule has 2 N–H and O–H groups in total. The summed E-state index contributed by atoms with van der Waals surface area (Å²) in [5, 5.41) is 10.8. The van der Waals surface area contributed by atoms with Gasteiger partial charge in [0.25, 0.3) is 0 Å². The lowest BCUT2D eigenvalue weighted by atomic mass is 9.95. The predicted octanol–water partition coefficient (Wildman–Crippen LogP) is 1.77. The van der Waals surface area contributed by atoms with E-state index >= 15 is 0 Å². The quantitative estimate of drug-likeness (QED) is 0.830. The normalized spacial score (nSPS) is 22.0. The number of hydrogen-bond acceptors (Lipinski definition) is 5. The van der Waals surface area contributed by atoms with Crippen molar-refractivity contribution in [3.05, 3.63) is 29.8 Å². The van der Waals surface area contributed by atoms with Crippen molar-refractivity contribution in [1.82, 2.24) is 4.90 Å². The average molecular weight is 315 g/mol. The molecule has 3 rings (SSSR count). The molecule has 23 heavy (non-hydrogen) atoms. The molecule has 1 amide bonds. The third-order valence-electron chi connectivity index (χ3n) is 4.38. The standard InChI is InChI=1S/C17H21N3O3/c18-16-13(11-23-17(16)22)12-6-2-3-7-14(12)19-15(21)10-20-8-4-1-5-9-20/h2-3,6-7,13,18H,1,4-5,8-11H2,(H,19,21). The van der Waals surface area contributed by atoms with Crippen LogP contribution in [0, 0.1) is 5.41 Å². The minimum atomic E-state index is -0.579. The van der Waals surface area contributed by atoms with Gasteiger partial charge >= 0.3 is 5.97 Å². The third kappa shape index (κ3) is 3.59. The smallest absolute Gasteiger partial charge is 0.352 e. The number of nitrogens with zero attached hydrogens (tertiary/aromatic N) is 1. The van der Waals surface area contributed by atoms with Crippen LogP contribution in [0.25, 0.3) is 0 Å². The van der Waals surface area contributed by atoms with Crippen LogP contribution in [0.15, 0.2) is 24.3 Å². The van der Waals surface area contributed by atoms with E-state index in [1.54, 1.807) is 6.07 Å². The van der Waals surface area contributed by atoms with Crippen LogP contribution in [-0.2, 0) is 14.3 Å². The fraction of sp³-hybridized carbons (Fsp3) is 0.471. The number of rotatable bonds is 4. The van der Waals surface area contributed by atoms with Crippen LogP contribution >= 0.6 is 0 Å². The first-order chi connectivity index (χ1) is 11.1. The van der Waals surface area contributed by atoms with E-state index in [1.165, 1.54) is 6.42 Å². The Morgan fingerprint density at radius 2 is 2.00 bits per heavy atom. The highest BCUT2D eigenvalue weighted by atomic mass is 16.5. The first-order valence-corrected chi connectivity index (χ1v) is 8.02. The Bertz CT molecular complexity index is 623. The molecule has 6 nitrogen and oxygen atoms in total. The Hall–Kier alpha value is -2.21. The first-order valence-electron chi connectivity index (χ1n) is 8.02. The monoisotopic (exact) mass is 315 g/mol. The lowest BCUT2D eigenvalue weighted by molar-refractivity contribution is -0.132. The minimum absolute atomic E-state index is 0.0530. The second-order valence-corrected chi connectivity index (χ2v) is 6.04.